The Morgan fingerprint density at radius 1 is 1.25 bits per heavy atom. The number of aromatic nitrogens is 2. The van der Waals surface area contributed by atoms with Gasteiger partial charge in [-0.2, -0.15) is 4.98 Å². The number of likely N-dealkylation sites (tertiary alicyclic amines) is 1. The van der Waals surface area contributed by atoms with Crippen LogP contribution in [-0.4, -0.2) is 41.1 Å². The minimum absolute atomic E-state index is 0.0434. The molecular formula is C21H20FN3O3. The molecule has 0 spiro atoms. The van der Waals surface area contributed by atoms with Crippen molar-refractivity contribution in [2.75, 3.05) is 20.2 Å². The predicted molar refractivity (Wildman–Crippen MR) is 101 cm³/mol. The first-order valence-electron chi connectivity index (χ1n) is 9.17. The van der Waals surface area contributed by atoms with E-state index in [9.17, 15) is 9.18 Å². The Labute approximate surface area is 161 Å². The molecule has 0 N–H and O–H groups in total. The number of piperidine rings is 1. The van der Waals surface area contributed by atoms with Crippen LogP contribution in [0.4, 0.5) is 4.39 Å². The highest BCUT2D eigenvalue weighted by Gasteiger charge is 2.29. The summed E-state index contributed by atoms with van der Waals surface area (Å²) in [5, 5.41) is 4.08. The molecule has 1 aliphatic rings. The van der Waals surface area contributed by atoms with E-state index in [0.29, 0.717) is 36.1 Å². The molecular weight excluding hydrogens is 361 g/mol. The van der Waals surface area contributed by atoms with E-state index in [4.69, 9.17) is 9.26 Å². The van der Waals surface area contributed by atoms with Gasteiger partial charge in [-0.3, -0.25) is 4.79 Å². The van der Waals surface area contributed by atoms with Crippen molar-refractivity contribution in [2.45, 2.75) is 18.8 Å². The van der Waals surface area contributed by atoms with Crippen molar-refractivity contribution in [2.24, 2.45) is 0 Å². The minimum Gasteiger partial charge on any atom is -0.497 e. The number of benzene rings is 2. The molecule has 0 radical (unpaired) electrons. The number of hydrogen-bond donors (Lipinski definition) is 0. The smallest absolute Gasteiger partial charge is 0.253 e. The van der Waals surface area contributed by atoms with Gasteiger partial charge in [0.2, 0.25) is 11.7 Å². The van der Waals surface area contributed by atoms with Gasteiger partial charge in [-0.15, -0.1) is 0 Å². The molecule has 28 heavy (non-hydrogen) atoms. The van der Waals surface area contributed by atoms with Crippen LogP contribution in [-0.2, 0) is 0 Å². The molecule has 1 aliphatic heterocycles. The van der Waals surface area contributed by atoms with Crippen molar-refractivity contribution < 1.29 is 18.4 Å². The van der Waals surface area contributed by atoms with Gasteiger partial charge in [0.15, 0.2) is 0 Å². The molecule has 3 aromatic rings. The number of carbonyl (C=O) groups excluding carboxylic acids is 1. The van der Waals surface area contributed by atoms with Crippen LogP contribution < -0.4 is 4.74 Å². The number of carbonyl (C=O) groups is 1. The zero-order chi connectivity index (χ0) is 19.5. The predicted octanol–water partition coefficient (Wildman–Crippen LogP) is 3.90. The largest absolute Gasteiger partial charge is 0.497 e. The van der Waals surface area contributed by atoms with E-state index < -0.39 is 5.82 Å². The maximum atomic E-state index is 13.4. The number of rotatable bonds is 4. The van der Waals surface area contributed by atoms with Gasteiger partial charge in [0.05, 0.1) is 13.0 Å². The number of ether oxygens (including phenoxy) is 1. The Balaban J connectivity index is 1.50. The summed E-state index contributed by atoms with van der Waals surface area (Å²) in [5.41, 5.74) is 1.15. The molecule has 0 bridgehead atoms. The topological polar surface area (TPSA) is 68.5 Å². The third-order valence-electron chi connectivity index (χ3n) is 4.90. The maximum Gasteiger partial charge on any atom is 0.253 e. The van der Waals surface area contributed by atoms with E-state index in [0.717, 1.165) is 18.4 Å². The van der Waals surface area contributed by atoms with E-state index >= 15 is 0 Å². The fourth-order valence-electron chi connectivity index (χ4n) is 3.45. The van der Waals surface area contributed by atoms with E-state index in [1.165, 1.54) is 12.1 Å². The summed E-state index contributed by atoms with van der Waals surface area (Å²) < 4.78 is 24.2. The molecule has 0 saturated carbocycles. The van der Waals surface area contributed by atoms with E-state index in [1.807, 2.05) is 24.3 Å². The zero-order valence-electron chi connectivity index (χ0n) is 15.5. The van der Waals surface area contributed by atoms with Crippen molar-refractivity contribution in [3.8, 4) is 17.1 Å². The van der Waals surface area contributed by atoms with E-state index in [2.05, 4.69) is 10.1 Å². The summed E-state index contributed by atoms with van der Waals surface area (Å²) in [6.07, 6.45) is 1.68. The highest BCUT2D eigenvalue weighted by molar-refractivity contribution is 5.94. The van der Waals surface area contributed by atoms with Crippen LogP contribution in [0.3, 0.4) is 0 Å². The summed E-state index contributed by atoms with van der Waals surface area (Å²) in [6, 6.07) is 13.2. The fraction of sp³-hybridized carbons (Fsp3) is 0.286. The normalized spacial score (nSPS) is 16.8. The summed E-state index contributed by atoms with van der Waals surface area (Å²) in [7, 11) is 1.60. The van der Waals surface area contributed by atoms with Gasteiger partial charge in [-0.25, -0.2) is 4.39 Å². The molecule has 2 heterocycles. The second-order valence-electron chi connectivity index (χ2n) is 6.79. The number of methoxy groups -OCH3 is 1. The van der Waals surface area contributed by atoms with Crippen LogP contribution >= 0.6 is 0 Å². The number of amides is 1. The van der Waals surface area contributed by atoms with Crippen LogP contribution in [0.25, 0.3) is 11.4 Å². The molecule has 1 saturated heterocycles. The lowest BCUT2D eigenvalue weighted by molar-refractivity contribution is 0.0695. The first-order valence-corrected chi connectivity index (χ1v) is 9.17. The van der Waals surface area contributed by atoms with Crippen molar-refractivity contribution >= 4 is 5.91 Å². The standard InChI is InChI=1S/C21H20FN3O3/c1-27-18-9-3-5-14(12-18)19-23-20(28-24-19)16-7-4-10-25(13-16)21(26)15-6-2-8-17(22)11-15/h2-3,5-6,8-9,11-12,16H,4,7,10,13H2,1H3/t16-/m0/s1. The van der Waals surface area contributed by atoms with E-state index in [1.54, 1.807) is 24.1 Å². The quantitative estimate of drug-likeness (QED) is 0.686. The lowest BCUT2D eigenvalue weighted by Gasteiger charge is -2.31. The van der Waals surface area contributed by atoms with Crippen molar-refractivity contribution in [3.05, 3.63) is 65.8 Å². The van der Waals surface area contributed by atoms with Crippen molar-refractivity contribution in [3.63, 3.8) is 0 Å². The van der Waals surface area contributed by atoms with Crippen LogP contribution in [0.15, 0.2) is 53.1 Å². The zero-order valence-corrected chi connectivity index (χ0v) is 15.5. The first-order chi connectivity index (χ1) is 13.6. The lowest BCUT2D eigenvalue weighted by Crippen LogP contribution is -2.39. The SMILES string of the molecule is COc1cccc(-c2noc([C@H]3CCCN(C(=O)c4cccc(F)c4)C3)n2)c1. The molecule has 1 atom stereocenters. The Bertz CT molecular complexity index is 988. The first kappa shape index (κ1) is 18.2. The van der Waals surface area contributed by atoms with Gasteiger partial charge in [-0.1, -0.05) is 23.4 Å². The Morgan fingerprint density at radius 3 is 2.93 bits per heavy atom. The molecule has 1 fully saturated rings. The maximum absolute atomic E-state index is 13.4. The van der Waals surface area contributed by atoms with Gasteiger partial charge >= 0.3 is 0 Å². The second kappa shape index (κ2) is 7.80. The molecule has 4 rings (SSSR count). The minimum atomic E-state index is -0.417. The van der Waals surface area contributed by atoms with E-state index in [-0.39, 0.29) is 11.8 Å². The summed E-state index contributed by atoms with van der Waals surface area (Å²) in [5.74, 6) is 1.07. The highest BCUT2D eigenvalue weighted by atomic mass is 19.1. The average molecular weight is 381 g/mol. The Morgan fingerprint density at radius 2 is 2.11 bits per heavy atom. The fourth-order valence-corrected chi connectivity index (χ4v) is 3.45. The average Bonchev–Trinajstić information content (AvgIpc) is 3.24. The number of halogens is 1. The molecule has 0 unspecified atom stereocenters. The molecule has 0 aliphatic carbocycles. The molecule has 144 valence electrons. The summed E-state index contributed by atoms with van der Waals surface area (Å²) in [4.78, 5) is 19.0. The molecule has 2 aromatic carbocycles. The molecule has 7 heteroatoms. The third-order valence-corrected chi connectivity index (χ3v) is 4.90. The van der Waals surface area contributed by atoms with Gasteiger partial charge in [0.1, 0.15) is 11.6 Å². The third kappa shape index (κ3) is 3.74. The Hall–Kier alpha value is -3.22. The molecule has 6 nitrogen and oxygen atoms in total. The van der Waals surface area contributed by atoms with Gasteiger partial charge in [0.25, 0.3) is 5.91 Å². The van der Waals surface area contributed by atoms with Crippen LogP contribution in [0.5, 0.6) is 5.75 Å². The molecule has 1 amide bonds. The lowest BCUT2D eigenvalue weighted by atomic mass is 9.97. The monoisotopic (exact) mass is 381 g/mol. The van der Waals surface area contributed by atoms with Gasteiger partial charge in [0, 0.05) is 24.2 Å². The second-order valence-corrected chi connectivity index (χ2v) is 6.79. The van der Waals surface area contributed by atoms with Crippen molar-refractivity contribution in [1.82, 2.24) is 15.0 Å². The highest BCUT2D eigenvalue weighted by Crippen LogP contribution is 2.29. The number of nitrogens with zero attached hydrogens (tertiary/aromatic N) is 3. The van der Waals surface area contributed by atoms with Crippen LogP contribution in [0, 0.1) is 5.82 Å². The Kier molecular flexibility index (Phi) is 5.06. The van der Waals surface area contributed by atoms with Gasteiger partial charge in [-0.05, 0) is 43.2 Å². The number of hydrogen-bond acceptors (Lipinski definition) is 5. The summed E-state index contributed by atoms with van der Waals surface area (Å²) >= 11 is 0. The van der Waals surface area contributed by atoms with Crippen LogP contribution in [0.1, 0.15) is 35.0 Å². The summed E-state index contributed by atoms with van der Waals surface area (Å²) in [6.45, 7) is 1.10. The van der Waals surface area contributed by atoms with Crippen molar-refractivity contribution in [1.29, 1.82) is 0 Å². The van der Waals surface area contributed by atoms with Gasteiger partial charge < -0.3 is 14.2 Å². The molecule has 1 aromatic heterocycles. The van der Waals surface area contributed by atoms with Crippen LogP contribution in [0.2, 0.25) is 0 Å².